The third kappa shape index (κ3) is 5.17. The van der Waals surface area contributed by atoms with E-state index < -0.39 is 4.92 Å². The fraction of sp³-hybridized carbons (Fsp3) is 0.467. The minimum atomic E-state index is -0.492. The van der Waals surface area contributed by atoms with Crippen molar-refractivity contribution >= 4 is 28.9 Å². The van der Waals surface area contributed by atoms with E-state index in [1.165, 1.54) is 24.3 Å². The zero-order chi connectivity index (χ0) is 16.8. The molecule has 8 heteroatoms. The third-order valence-electron chi connectivity index (χ3n) is 3.73. The Morgan fingerprint density at radius 3 is 2.57 bits per heavy atom. The number of rotatable bonds is 4. The number of hydrogen-bond donors (Lipinski definition) is 1. The van der Waals surface area contributed by atoms with Crippen LogP contribution in [0.1, 0.15) is 19.8 Å². The molecule has 1 saturated heterocycles. The largest absolute Gasteiger partial charge is 0.484 e. The summed E-state index contributed by atoms with van der Waals surface area (Å²) in [6, 6.07) is 5.56. The Morgan fingerprint density at radius 2 is 2.00 bits per heavy atom. The van der Waals surface area contributed by atoms with Crippen LogP contribution in [-0.2, 0) is 4.79 Å². The first kappa shape index (κ1) is 17.1. The number of nitro benzene ring substituents is 1. The second kappa shape index (κ2) is 7.87. The van der Waals surface area contributed by atoms with E-state index >= 15 is 0 Å². The van der Waals surface area contributed by atoms with Gasteiger partial charge in [-0.15, -0.1) is 0 Å². The number of ether oxygens (including phenoxy) is 1. The summed E-state index contributed by atoms with van der Waals surface area (Å²) in [4.78, 5) is 23.9. The average Bonchev–Trinajstić information content (AvgIpc) is 2.54. The van der Waals surface area contributed by atoms with Gasteiger partial charge in [0.1, 0.15) is 5.75 Å². The molecule has 0 spiro atoms. The quantitative estimate of drug-likeness (QED) is 0.514. The number of piperidine rings is 1. The van der Waals surface area contributed by atoms with Crippen LogP contribution in [0.2, 0.25) is 0 Å². The molecular weight excluding hydrogens is 318 g/mol. The number of carbonyl (C=O) groups excluding carboxylic acids is 1. The van der Waals surface area contributed by atoms with Crippen molar-refractivity contribution in [1.82, 2.24) is 10.2 Å². The molecule has 124 valence electrons. The van der Waals surface area contributed by atoms with Gasteiger partial charge < -0.3 is 15.0 Å². The standard InChI is InChI=1S/C15H19N3O4S/c1-11-6-8-17(9-7-11)15(23)16-14(19)10-22-13-4-2-12(3-5-13)18(20)21/h2-5,11H,6-10H2,1H3,(H,16,19,23). The van der Waals surface area contributed by atoms with Gasteiger partial charge in [-0.2, -0.15) is 0 Å². The van der Waals surface area contributed by atoms with Crippen molar-refractivity contribution in [2.45, 2.75) is 19.8 Å². The van der Waals surface area contributed by atoms with E-state index in [0.717, 1.165) is 25.9 Å². The van der Waals surface area contributed by atoms with Crippen molar-refractivity contribution < 1.29 is 14.5 Å². The molecule has 0 saturated carbocycles. The third-order valence-corrected chi connectivity index (χ3v) is 4.09. The molecule has 7 nitrogen and oxygen atoms in total. The number of carbonyl (C=O) groups is 1. The summed E-state index contributed by atoms with van der Waals surface area (Å²) in [5.74, 6) is 0.741. The monoisotopic (exact) mass is 337 g/mol. The number of benzene rings is 1. The van der Waals surface area contributed by atoms with E-state index in [9.17, 15) is 14.9 Å². The summed E-state index contributed by atoms with van der Waals surface area (Å²) in [5.41, 5.74) is -0.0256. The number of likely N-dealkylation sites (tertiary alicyclic amines) is 1. The van der Waals surface area contributed by atoms with Gasteiger partial charge in [-0.25, -0.2) is 0 Å². The van der Waals surface area contributed by atoms with Crippen LogP contribution in [0.4, 0.5) is 5.69 Å². The molecule has 1 amide bonds. The summed E-state index contributed by atoms with van der Waals surface area (Å²) in [5, 5.41) is 13.6. The summed E-state index contributed by atoms with van der Waals surface area (Å²) in [6.07, 6.45) is 2.13. The first-order valence-corrected chi connectivity index (χ1v) is 7.82. The van der Waals surface area contributed by atoms with Crippen LogP contribution in [0.3, 0.4) is 0 Å². The highest BCUT2D eigenvalue weighted by molar-refractivity contribution is 7.80. The van der Waals surface area contributed by atoms with E-state index in [4.69, 9.17) is 17.0 Å². The van der Waals surface area contributed by atoms with Crippen molar-refractivity contribution in [3.05, 3.63) is 34.4 Å². The van der Waals surface area contributed by atoms with Gasteiger partial charge in [-0.1, -0.05) is 6.92 Å². The van der Waals surface area contributed by atoms with Gasteiger partial charge in [0, 0.05) is 25.2 Å². The molecular formula is C15H19N3O4S. The number of nitrogens with zero attached hydrogens (tertiary/aromatic N) is 2. The fourth-order valence-electron chi connectivity index (χ4n) is 2.26. The van der Waals surface area contributed by atoms with E-state index in [2.05, 4.69) is 12.2 Å². The van der Waals surface area contributed by atoms with Crippen LogP contribution >= 0.6 is 12.2 Å². The normalized spacial score (nSPS) is 15.1. The van der Waals surface area contributed by atoms with Crippen molar-refractivity contribution in [2.24, 2.45) is 5.92 Å². The molecule has 2 rings (SSSR count). The lowest BCUT2D eigenvalue weighted by Gasteiger charge is -2.32. The Balaban J connectivity index is 1.76. The molecule has 0 atom stereocenters. The second-order valence-electron chi connectivity index (χ2n) is 5.56. The summed E-state index contributed by atoms with van der Waals surface area (Å²) in [6.45, 7) is 3.71. The van der Waals surface area contributed by atoms with Gasteiger partial charge in [0.2, 0.25) is 0 Å². The molecule has 1 aliphatic rings. The average molecular weight is 337 g/mol. The topological polar surface area (TPSA) is 84.7 Å². The SMILES string of the molecule is CC1CCN(C(=S)NC(=O)COc2ccc([N+](=O)[O-])cc2)CC1. The predicted molar refractivity (Wildman–Crippen MR) is 89.3 cm³/mol. The molecule has 1 aromatic carbocycles. The minimum absolute atomic E-state index is 0.0256. The van der Waals surface area contributed by atoms with E-state index in [0.29, 0.717) is 16.8 Å². The maximum absolute atomic E-state index is 11.9. The summed E-state index contributed by atoms with van der Waals surface area (Å²) >= 11 is 5.23. The smallest absolute Gasteiger partial charge is 0.269 e. The molecule has 0 aromatic heterocycles. The van der Waals surface area contributed by atoms with Crippen molar-refractivity contribution in [2.75, 3.05) is 19.7 Å². The van der Waals surface area contributed by atoms with Crippen molar-refractivity contribution in [3.63, 3.8) is 0 Å². The number of non-ortho nitro benzene ring substituents is 1. The molecule has 0 aliphatic carbocycles. The zero-order valence-electron chi connectivity index (χ0n) is 12.9. The van der Waals surface area contributed by atoms with Gasteiger partial charge in [-0.3, -0.25) is 14.9 Å². The van der Waals surface area contributed by atoms with Gasteiger partial charge >= 0.3 is 0 Å². The lowest BCUT2D eigenvalue weighted by molar-refractivity contribution is -0.384. The lowest BCUT2D eigenvalue weighted by atomic mass is 10.00. The number of amides is 1. The first-order chi connectivity index (χ1) is 11.0. The molecule has 1 aliphatic heterocycles. The van der Waals surface area contributed by atoms with Crippen LogP contribution in [-0.4, -0.2) is 40.5 Å². The highest BCUT2D eigenvalue weighted by Gasteiger charge is 2.19. The minimum Gasteiger partial charge on any atom is -0.484 e. The predicted octanol–water partition coefficient (Wildman–Crippen LogP) is 2.11. The van der Waals surface area contributed by atoms with Crippen LogP contribution in [0.5, 0.6) is 5.75 Å². The highest BCUT2D eigenvalue weighted by Crippen LogP contribution is 2.17. The number of nitro groups is 1. The first-order valence-electron chi connectivity index (χ1n) is 7.41. The van der Waals surface area contributed by atoms with Crippen LogP contribution in [0.15, 0.2) is 24.3 Å². The maximum Gasteiger partial charge on any atom is 0.269 e. The Bertz CT molecular complexity index is 583. The van der Waals surface area contributed by atoms with E-state index in [-0.39, 0.29) is 18.2 Å². The molecule has 1 heterocycles. The summed E-state index contributed by atoms with van der Waals surface area (Å²) in [7, 11) is 0. The van der Waals surface area contributed by atoms with Gasteiger partial charge in [0.25, 0.3) is 11.6 Å². The van der Waals surface area contributed by atoms with Gasteiger partial charge in [0.15, 0.2) is 11.7 Å². The van der Waals surface area contributed by atoms with Crippen LogP contribution in [0.25, 0.3) is 0 Å². The Hall–Kier alpha value is -2.22. The molecule has 0 unspecified atom stereocenters. The number of nitrogens with one attached hydrogen (secondary N) is 1. The lowest BCUT2D eigenvalue weighted by Crippen LogP contribution is -2.47. The maximum atomic E-state index is 11.9. The van der Waals surface area contributed by atoms with Gasteiger partial charge in [0.05, 0.1) is 4.92 Å². The highest BCUT2D eigenvalue weighted by atomic mass is 32.1. The molecule has 23 heavy (non-hydrogen) atoms. The Labute approximate surface area is 139 Å². The number of thiocarbonyl (C=S) groups is 1. The second-order valence-corrected chi connectivity index (χ2v) is 5.95. The van der Waals surface area contributed by atoms with E-state index in [1.807, 2.05) is 4.90 Å². The Kier molecular flexibility index (Phi) is 5.86. The summed E-state index contributed by atoms with van der Waals surface area (Å²) < 4.78 is 5.30. The molecule has 0 bridgehead atoms. The van der Waals surface area contributed by atoms with Crippen LogP contribution in [0, 0.1) is 16.0 Å². The molecule has 1 N–H and O–H groups in total. The fourth-order valence-corrected chi connectivity index (χ4v) is 2.56. The molecule has 1 aromatic rings. The molecule has 0 radical (unpaired) electrons. The van der Waals surface area contributed by atoms with E-state index in [1.54, 1.807) is 0 Å². The van der Waals surface area contributed by atoms with Gasteiger partial charge in [-0.05, 0) is 43.1 Å². The van der Waals surface area contributed by atoms with Crippen molar-refractivity contribution in [3.8, 4) is 5.75 Å². The zero-order valence-corrected chi connectivity index (χ0v) is 13.7. The van der Waals surface area contributed by atoms with Crippen LogP contribution < -0.4 is 10.1 Å². The Morgan fingerprint density at radius 1 is 1.39 bits per heavy atom. The number of hydrogen-bond acceptors (Lipinski definition) is 5. The molecule has 1 fully saturated rings. The van der Waals surface area contributed by atoms with Crippen molar-refractivity contribution in [1.29, 1.82) is 0 Å².